The van der Waals surface area contributed by atoms with Crippen molar-refractivity contribution in [3.63, 3.8) is 0 Å². The normalized spacial score (nSPS) is 14.7. The SMILES string of the molecule is CC(C)c1ccc(N(c2ccc(C(C)C)cc2)c2ccc3c4c2c2ccc(C(C)C)cc2n4-c2ccc4c5c2B3c2cc(C(C)(C)C)cc3c6cc(C(C)(C)C)cc(c6n-5c23)[Si]42c3cc(C(C)(C)C)ccc3-c3ccc(C(C)(C)C)cc32)cc1. The second kappa shape index (κ2) is 17.4. The van der Waals surface area contributed by atoms with Crippen LogP contribution in [-0.4, -0.2) is 23.9 Å². The predicted molar refractivity (Wildman–Crippen MR) is 368 cm³/mol. The highest BCUT2D eigenvalue weighted by Gasteiger charge is 2.57. The average Bonchev–Trinajstić information content (AvgIpc) is 1.41. The Hall–Kier alpha value is -7.34. The van der Waals surface area contributed by atoms with Crippen LogP contribution in [-0.2, 0) is 21.7 Å². The number of fused-ring (bicyclic) bond motifs is 14. The van der Waals surface area contributed by atoms with E-state index in [1.165, 1.54) is 144 Å². The molecule has 9 aromatic carbocycles. The molecule has 4 aliphatic rings. The largest absolute Gasteiger partial charge is 0.310 e. The summed E-state index contributed by atoms with van der Waals surface area (Å²) in [6.07, 6.45) is 0. The van der Waals surface area contributed by atoms with E-state index in [1.807, 2.05) is 0 Å². The van der Waals surface area contributed by atoms with Crippen molar-refractivity contribution in [3.8, 4) is 22.5 Å². The Morgan fingerprint density at radius 1 is 0.393 bits per heavy atom. The first-order valence-corrected chi connectivity index (χ1v) is 33.4. The first kappa shape index (κ1) is 53.4. The third-order valence-corrected chi connectivity index (χ3v) is 25.3. The molecule has 4 aliphatic heterocycles. The predicted octanol–water partition coefficient (Wildman–Crippen LogP) is 16.7. The Balaban J connectivity index is 1.15. The monoisotopic (exact) mass is 1110 g/mol. The van der Waals surface area contributed by atoms with E-state index in [2.05, 4.69) is 290 Å². The van der Waals surface area contributed by atoms with Gasteiger partial charge in [-0.1, -0.05) is 222 Å². The molecule has 0 fully saturated rings. The van der Waals surface area contributed by atoms with Gasteiger partial charge in [-0.25, -0.2) is 0 Å². The van der Waals surface area contributed by atoms with Gasteiger partial charge in [0, 0.05) is 49.8 Å². The Bertz CT molecular complexity index is 4550. The van der Waals surface area contributed by atoms with Gasteiger partial charge in [-0.05, 0) is 181 Å². The quantitative estimate of drug-likeness (QED) is 0.151. The fourth-order valence-electron chi connectivity index (χ4n) is 15.6. The molecule has 2 aromatic heterocycles. The van der Waals surface area contributed by atoms with Gasteiger partial charge in [0.25, 0.3) is 6.71 Å². The van der Waals surface area contributed by atoms with Crippen molar-refractivity contribution in [1.82, 2.24) is 9.13 Å². The number of nitrogens with zero attached hydrogens (tertiary/aromatic N) is 3. The highest BCUT2D eigenvalue weighted by molar-refractivity contribution is 7.24. The average molecular weight is 1110 g/mol. The van der Waals surface area contributed by atoms with Crippen LogP contribution in [0.2, 0.25) is 0 Å². The fraction of sp³-hybridized carbons (Fsp3) is 0.316. The number of rotatable bonds is 6. The summed E-state index contributed by atoms with van der Waals surface area (Å²) in [5.41, 5.74) is 28.2. The van der Waals surface area contributed by atoms with E-state index in [0.29, 0.717) is 17.8 Å². The molecule has 5 heteroatoms. The maximum atomic E-state index is 2.85. The lowest BCUT2D eigenvalue weighted by molar-refractivity contribution is 0.590. The van der Waals surface area contributed by atoms with Gasteiger partial charge in [0.1, 0.15) is 0 Å². The maximum absolute atomic E-state index is 3.19. The van der Waals surface area contributed by atoms with E-state index >= 15 is 0 Å². The summed E-state index contributed by atoms with van der Waals surface area (Å²) < 4.78 is 5.60. The van der Waals surface area contributed by atoms with Crippen LogP contribution in [0.15, 0.2) is 152 Å². The molecule has 11 aromatic rings. The molecule has 0 bridgehead atoms. The van der Waals surface area contributed by atoms with E-state index in [-0.39, 0.29) is 28.4 Å². The van der Waals surface area contributed by atoms with Crippen LogP contribution < -0.4 is 42.0 Å². The summed E-state index contributed by atoms with van der Waals surface area (Å²) in [6.45, 7) is 42.9. The maximum Gasteiger partial charge on any atom is 0.252 e. The third kappa shape index (κ3) is 7.17. The lowest BCUT2D eigenvalue weighted by atomic mass is 9.34. The topological polar surface area (TPSA) is 13.1 Å². The van der Waals surface area contributed by atoms with Crippen LogP contribution in [0, 0.1) is 0 Å². The second-order valence-electron chi connectivity index (χ2n) is 30.8. The zero-order valence-electron chi connectivity index (χ0n) is 53.1. The summed E-state index contributed by atoms with van der Waals surface area (Å²) in [5, 5.41) is 11.6. The van der Waals surface area contributed by atoms with Crippen molar-refractivity contribution >= 4 is 113 Å². The Morgan fingerprint density at radius 2 is 0.893 bits per heavy atom. The summed E-state index contributed by atoms with van der Waals surface area (Å²) in [5.74, 6) is 1.22. The van der Waals surface area contributed by atoms with Crippen molar-refractivity contribution in [1.29, 1.82) is 0 Å². The summed E-state index contributed by atoms with van der Waals surface area (Å²) >= 11 is 0. The first-order valence-electron chi connectivity index (χ1n) is 31.4. The van der Waals surface area contributed by atoms with Gasteiger partial charge in [0.05, 0.1) is 22.2 Å². The highest BCUT2D eigenvalue weighted by Crippen LogP contribution is 2.49. The molecule has 0 radical (unpaired) electrons. The fourth-order valence-corrected chi connectivity index (χ4v) is 21.3. The molecule has 0 N–H and O–H groups in total. The minimum atomic E-state index is -3.19. The van der Waals surface area contributed by atoms with Gasteiger partial charge in [-0.2, -0.15) is 0 Å². The third-order valence-electron chi connectivity index (χ3n) is 20.5. The van der Waals surface area contributed by atoms with Crippen molar-refractivity contribution in [2.75, 3.05) is 4.90 Å². The van der Waals surface area contributed by atoms with E-state index in [0.717, 1.165) is 0 Å². The number of hydrogen-bond acceptors (Lipinski definition) is 1. The van der Waals surface area contributed by atoms with E-state index in [4.69, 9.17) is 0 Å². The molecular formula is C79H82BN3Si. The highest BCUT2D eigenvalue weighted by atomic mass is 28.3. The van der Waals surface area contributed by atoms with Crippen molar-refractivity contribution < 1.29 is 0 Å². The molecule has 0 saturated heterocycles. The van der Waals surface area contributed by atoms with Gasteiger partial charge < -0.3 is 14.0 Å². The number of aromatic nitrogens is 2. The number of benzene rings is 9. The molecule has 0 amide bonds. The molecule has 0 atom stereocenters. The standard InChI is InChI=1S/C79H82BN3Si/c1-44(2)47-19-26-54(27-20-47)81(55-28-21-48(22-29-55)45(3)4)63-34-33-61-74-70(63)58-30-23-49(46(5)6)37-65(58)82(74)64-35-36-66-75-71(64)80(61)62-40-52(78(13,14)15)38-59-60-39-53(79(16,17)18)43-69(73(60)83(75)72(59)62)84(66)67-41-50(76(7,8)9)24-31-56(67)57-32-25-51(42-68(57)84)77(10,11)12/h19-46H,1-18H3. The molecule has 3 nitrogen and oxygen atoms in total. The first-order chi connectivity index (χ1) is 39.7. The van der Waals surface area contributed by atoms with E-state index in [1.54, 1.807) is 15.6 Å². The Kier molecular flexibility index (Phi) is 11.1. The van der Waals surface area contributed by atoms with Crippen molar-refractivity contribution in [3.05, 3.63) is 191 Å². The zero-order valence-corrected chi connectivity index (χ0v) is 54.1. The van der Waals surface area contributed by atoms with Crippen molar-refractivity contribution in [2.45, 2.75) is 164 Å². The molecule has 420 valence electrons. The summed E-state index contributed by atoms with van der Waals surface area (Å²) in [7, 11) is -3.19. The molecule has 0 aliphatic carbocycles. The molecule has 6 heterocycles. The smallest absolute Gasteiger partial charge is 0.252 e. The molecule has 84 heavy (non-hydrogen) atoms. The zero-order chi connectivity index (χ0) is 59.0. The Morgan fingerprint density at radius 3 is 1.42 bits per heavy atom. The van der Waals surface area contributed by atoms with Crippen LogP contribution in [0.3, 0.4) is 0 Å². The van der Waals surface area contributed by atoms with Crippen LogP contribution >= 0.6 is 0 Å². The van der Waals surface area contributed by atoms with Gasteiger partial charge in [0.2, 0.25) is 0 Å². The van der Waals surface area contributed by atoms with Gasteiger partial charge in [-0.15, -0.1) is 0 Å². The van der Waals surface area contributed by atoms with Crippen LogP contribution in [0.5, 0.6) is 0 Å². The minimum absolute atomic E-state index is 0.0320. The molecule has 1 spiro atoms. The molecule has 0 unspecified atom stereocenters. The number of anilines is 3. The molecule has 0 saturated carbocycles. The summed E-state index contributed by atoms with van der Waals surface area (Å²) in [6, 6.07) is 62.6. The van der Waals surface area contributed by atoms with Gasteiger partial charge in [-0.3, -0.25) is 0 Å². The van der Waals surface area contributed by atoms with E-state index < -0.39 is 8.07 Å². The van der Waals surface area contributed by atoms with Gasteiger partial charge in [0.15, 0.2) is 8.07 Å². The van der Waals surface area contributed by atoms with Crippen LogP contribution in [0.1, 0.15) is 181 Å². The van der Waals surface area contributed by atoms with Crippen LogP contribution in [0.25, 0.3) is 66.1 Å². The summed E-state index contributed by atoms with van der Waals surface area (Å²) in [4.78, 5) is 2.56. The lowest BCUT2D eigenvalue weighted by Gasteiger charge is -2.43. The van der Waals surface area contributed by atoms with Crippen molar-refractivity contribution in [2.24, 2.45) is 0 Å². The van der Waals surface area contributed by atoms with Crippen LogP contribution in [0.4, 0.5) is 17.1 Å². The molecule has 15 rings (SSSR count). The number of hydrogen-bond donors (Lipinski definition) is 0. The van der Waals surface area contributed by atoms with Gasteiger partial charge >= 0.3 is 0 Å². The molecular weight excluding hydrogens is 1030 g/mol. The lowest BCUT2D eigenvalue weighted by Crippen LogP contribution is -2.77. The minimum Gasteiger partial charge on any atom is -0.310 e. The van der Waals surface area contributed by atoms with E-state index in [9.17, 15) is 0 Å². The second-order valence-corrected chi connectivity index (χ2v) is 34.5. The Labute approximate surface area is 500 Å².